The van der Waals surface area contributed by atoms with Crippen LogP contribution in [0.25, 0.3) is 109 Å². The van der Waals surface area contributed by atoms with Gasteiger partial charge >= 0.3 is 0 Å². The van der Waals surface area contributed by atoms with Crippen molar-refractivity contribution < 1.29 is 4.42 Å². The number of fused-ring (bicyclic) bond motifs is 9. The number of para-hydroxylation sites is 2. The Balaban J connectivity index is 0.973. The van der Waals surface area contributed by atoms with E-state index < -0.39 is 0 Å². The van der Waals surface area contributed by atoms with E-state index in [0.717, 1.165) is 89.0 Å². The third kappa shape index (κ3) is 6.44. The molecule has 0 bridgehead atoms. The predicted octanol–water partition coefficient (Wildman–Crippen LogP) is 17.2. The number of benzene rings is 10. The molecule has 5 heteroatoms. The first kappa shape index (κ1) is 37.2. The molecule has 3 aromatic heterocycles. The summed E-state index contributed by atoms with van der Waals surface area (Å²) in [6, 6.07) is 79.8. The summed E-state index contributed by atoms with van der Waals surface area (Å²) in [5.74, 6) is 0.660. The Morgan fingerprint density at radius 1 is 0.354 bits per heavy atom. The first-order valence-corrected chi connectivity index (χ1v) is 22.7. The summed E-state index contributed by atoms with van der Waals surface area (Å²) < 4.78 is 9.23. The average Bonchev–Trinajstić information content (AvgIpc) is 3.95. The third-order valence-electron chi connectivity index (χ3n) is 12.7. The van der Waals surface area contributed by atoms with Crippen molar-refractivity contribution in [1.82, 2.24) is 9.97 Å². The van der Waals surface area contributed by atoms with Crippen molar-refractivity contribution in [3.8, 4) is 45.0 Å². The zero-order valence-corrected chi connectivity index (χ0v) is 35.8. The number of thiophene rings is 1. The Labute approximate surface area is 378 Å². The number of furan rings is 1. The van der Waals surface area contributed by atoms with Crippen molar-refractivity contribution in [3.63, 3.8) is 0 Å². The largest absolute Gasteiger partial charge is 0.455 e. The highest BCUT2D eigenvalue weighted by Gasteiger charge is 2.20. The molecular formula is C60H37N3OS. The molecule has 0 aliphatic heterocycles. The van der Waals surface area contributed by atoms with Crippen molar-refractivity contribution in [2.75, 3.05) is 4.90 Å². The lowest BCUT2D eigenvalue weighted by Gasteiger charge is -2.25. The Hall–Kier alpha value is -8.38. The smallest absolute Gasteiger partial charge is 0.161 e. The Bertz CT molecular complexity index is 3950. The SMILES string of the molecule is c1ccc(-c2cc(-c3ccc4ccccc4c3)nc(-c3cc4c5ccccc5oc4c4ccc(-c5ccc(N(c6ccccc6)c6ccc7c(c6)sc6ccccc67)cc5)cc34)n2)cc1. The summed E-state index contributed by atoms with van der Waals surface area (Å²) >= 11 is 1.84. The zero-order chi connectivity index (χ0) is 42.8. The van der Waals surface area contributed by atoms with Gasteiger partial charge in [-0.1, -0.05) is 146 Å². The Morgan fingerprint density at radius 3 is 1.83 bits per heavy atom. The number of anilines is 3. The second kappa shape index (κ2) is 15.2. The average molecular weight is 848 g/mol. The van der Waals surface area contributed by atoms with Gasteiger partial charge in [0.25, 0.3) is 0 Å². The van der Waals surface area contributed by atoms with Gasteiger partial charge in [0.05, 0.1) is 11.4 Å². The van der Waals surface area contributed by atoms with Gasteiger partial charge in [0.15, 0.2) is 5.82 Å². The lowest BCUT2D eigenvalue weighted by Crippen LogP contribution is -2.09. The summed E-state index contributed by atoms with van der Waals surface area (Å²) in [7, 11) is 0. The van der Waals surface area contributed by atoms with Gasteiger partial charge < -0.3 is 9.32 Å². The van der Waals surface area contributed by atoms with Crippen LogP contribution in [0.5, 0.6) is 0 Å². The van der Waals surface area contributed by atoms with Crippen molar-refractivity contribution in [2.45, 2.75) is 0 Å². The summed E-state index contributed by atoms with van der Waals surface area (Å²) in [4.78, 5) is 13.1. The third-order valence-corrected chi connectivity index (χ3v) is 13.8. The highest BCUT2D eigenvalue weighted by atomic mass is 32.1. The Kier molecular flexibility index (Phi) is 8.68. The monoisotopic (exact) mass is 847 g/mol. The van der Waals surface area contributed by atoms with Crippen LogP contribution in [0.3, 0.4) is 0 Å². The molecule has 13 rings (SSSR count). The van der Waals surface area contributed by atoms with Gasteiger partial charge in [0, 0.05) is 70.1 Å². The molecule has 65 heavy (non-hydrogen) atoms. The van der Waals surface area contributed by atoms with Crippen LogP contribution in [0.15, 0.2) is 229 Å². The molecule has 13 aromatic rings. The van der Waals surface area contributed by atoms with Crippen molar-refractivity contribution in [1.29, 1.82) is 0 Å². The van der Waals surface area contributed by atoms with Gasteiger partial charge in [-0.15, -0.1) is 11.3 Å². The van der Waals surface area contributed by atoms with E-state index >= 15 is 0 Å². The number of hydrogen-bond donors (Lipinski definition) is 0. The fourth-order valence-electron chi connectivity index (χ4n) is 9.46. The van der Waals surface area contributed by atoms with Crippen LogP contribution in [0, 0.1) is 0 Å². The lowest BCUT2D eigenvalue weighted by molar-refractivity contribution is 0.672. The van der Waals surface area contributed by atoms with Crippen molar-refractivity contribution in [3.05, 3.63) is 224 Å². The van der Waals surface area contributed by atoms with E-state index in [1.807, 2.05) is 29.5 Å². The molecule has 0 N–H and O–H groups in total. The van der Waals surface area contributed by atoms with Crippen molar-refractivity contribution >= 4 is 92.1 Å². The summed E-state index contributed by atoms with van der Waals surface area (Å²) in [6.45, 7) is 0. The molecule has 0 fully saturated rings. The van der Waals surface area contributed by atoms with Crippen LogP contribution in [-0.2, 0) is 0 Å². The number of nitrogens with zero attached hydrogens (tertiary/aromatic N) is 3. The molecule has 0 aliphatic rings. The fraction of sp³-hybridized carbons (Fsp3) is 0. The van der Waals surface area contributed by atoms with Gasteiger partial charge in [-0.2, -0.15) is 0 Å². The molecule has 3 heterocycles. The molecule has 0 unspecified atom stereocenters. The van der Waals surface area contributed by atoms with Crippen LogP contribution >= 0.6 is 11.3 Å². The molecule has 4 nitrogen and oxygen atoms in total. The van der Waals surface area contributed by atoms with Gasteiger partial charge in [-0.3, -0.25) is 0 Å². The fourth-order valence-corrected chi connectivity index (χ4v) is 10.6. The maximum absolute atomic E-state index is 6.65. The van der Waals surface area contributed by atoms with Crippen LogP contribution in [0.2, 0.25) is 0 Å². The predicted molar refractivity (Wildman–Crippen MR) is 274 cm³/mol. The highest BCUT2D eigenvalue weighted by molar-refractivity contribution is 7.25. The quantitative estimate of drug-likeness (QED) is 0.160. The summed E-state index contributed by atoms with van der Waals surface area (Å²) in [5, 5.41) is 9.09. The van der Waals surface area contributed by atoms with E-state index in [0.29, 0.717) is 5.82 Å². The van der Waals surface area contributed by atoms with Crippen LogP contribution in [0.4, 0.5) is 17.1 Å². The molecule has 0 amide bonds. The zero-order valence-electron chi connectivity index (χ0n) is 35.0. The maximum Gasteiger partial charge on any atom is 0.161 e. The van der Waals surface area contributed by atoms with Crippen LogP contribution in [-0.4, -0.2) is 9.97 Å². The number of rotatable bonds is 7. The van der Waals surface area contributed by atoms with E-state index in [1.165, 1.54) is 30.9 Å². The molecular weight excluding hydrogens is 811 g/mol. The topological polar surface area (TPSA) is 42.2 Å². The van der Waals surface area contributed by atoms with Gasteiger partial charge in [-0.25, -0.2) is 9.97 Å². The minimum atomic E-state index is 0.660. The molecule has 304 valence electrons. The van der Waals surface area contributed by atoms with Crippen LogP contribution < -0.4 is 4.90 Å². The summed E-state index contributed by atoms with van der Waals surface area (Å²) in [5.41, 5.74) is 12.0. The van der Waals surface area contributed by atoms with Crippen LogP contribution in [0.1, 0.15) is 0 Å². The van der Waals surface area contributed by atoms with E-state index in [4.69, 9.17) is 14.4 Å². The minimum absolute atomic E-state index is 0.660. The maximum atomic E-state index is 6.65. The second-order valence-electron chi connectivity index (χ2n) is 16.5. The Morgan fingerprint density at radius 2 is 0.985 bits per heavy atom. The normalized spacial score (nSPS) is 11.7. The van der Waals surface area contributed by atoms with Gasteiger partial charge in [0.2, 0.25) is 0 Å². The summed E-state index contributed by atoms with van der Waals surface area (Å²) in [6.07, 6.45) is 0. The first-order chi connectivity index (χ1) is 32.2. The lowest BCUT2D eigenvalue weighted by atomic mass is 9.95. The molecule has 0 atom stereocenters. The number of hydrogen-bond acceptors (Lipinski definition) is 5. The molecule has 0 radical (unpaired) electrons. The highest BCUT2D eigenvalue weighted by Crippen LogP contribution is 2.44. The minimum Gasteiger partial charge on any atom is -0.455 e. The van der Waals surface area contributed by atoms with E-state index in [2.05, 4.69) is 211 Å². The molecule has 0 saturated heterocycles. The number of aromatic nitrogens is 2. The molecule has 0 saturated carbocycles. The van der Waals surface area contributed by atoms with Gasteiger partial charge in [-0.05, 0) is 106 Å². The first-order valence-electron chi connectivity index (χ1n) is 21.9. The standard InChI is InChI=1S/C60H37N3OS/c1-3-14-40(15-4-1)54-37-55(43-24-23-38-13-7-8-16-41(38)33-43)62-60(61-54)53-36-52-47-19-9-11-21-56(47)64-59(52)50-31-27-42(34-51(50)53)39-25-28-45(29-26-39)63(44-17-5-2-6-18-44)46-30-32-49-48-20-10-12-22-57(48)65-58(49)35-46/h1-37H. The van der Waals surface area contributed by atoms with E-state index in [9.17, 15) is 0 Å². The van der Waals surface area contributed by atoms with Gasteiger partial charge in [0.1, 0.15) is 11.2 Å². The molecule has 10 aromatic carbocycles. The molecule has 0 aliphatic carbocycles. The molecule has 0 spiro atoms. The van der Waals surface area contributed by atoms with E-state index in [-0.39, 0.29) is 0 Å². The second-order valence-corrected chi connectivity index (χ2v) is 17.6. The van der Waals surface area contributed by atoms with E-state index in [1.54, 1.807) is 0 Å². The van der Waals surface area contributed by atoms with Crippen molar-refractivity contribution in [2.24, 2.45) is 0 Å².